The van der Waals surface area contributed by atoms with Gasteiger partial charge in [0.25, 0.3) is 10.0 Å². The molecule has 1 saturated carbocycles. The molecule has 1 fully saturated rings. The van der Waals surface area contributed by atoms with Crippen LogP contribution in [0, 0.1) is 6.92 Å². The Bertz CT molecular complexity index is 1410. The fraction of sp³-hybridized carbons (Fsp3) is 0.375. The predicted molar refractivity (Wildman–Crippen MR) is 163 cm³/mol. The Morgan fingerprint density at radius 1 is 0.951 bits per heavy atom. The molecule has 7 nitrogen and oxygen atoms in total. The summed E-state index contributed by atoms with van der Waals surface area (Å²) < 4.78 is 28.9. The summed E-state index contributed by atoms with van der Waals surface area (Å²) in [6.07, 6.45) is 4.96. The van der Waals surface area contributed by atoms with Gasteiger partial charge in [0, 0.05) is 17.6 Å². The van der Waals surface area contributed by atoms with Gasteiger partial charge in [0.1, 0.15) is 12.6 Å². The Morgan fingerprint density at radius 3 is 2.20 bits per heavy atom. The summed E-state index contributed by atoms with van der Waals surface area (Å²) in [6.45, 7) is 3.62. The van der Waals surface area contributed by atoms with Crippen LogP contribution < -0.4 is 9.62 Å². The van der Waals surface area contributed by atoms with Crippen molar-refractivity contribution in [2.75, 3.05) is 17.4 Å². The fourth-order valence-electron chi connectivity index (χ4n) is 5.24. The molecule has 0 spiro atoms. The van der Waals surface area contributed by atoms with Crippen molar-refractivity contribution in [3.63, 3.8) is 0 Å². The highest BCUT2D eigenvalue weighted by Gasteiger charge is 2.34. The van der Waals surface area contributed by atoms with E-state index in [9.17, 15) is 18.0 Å². The Balaban J connectivity index is 1.66. The van der Waals surface area contributed by atoms with E-state index in [2.05, 4.69) is 5.32 Å². The molecule has 1 N–H and O–H groups in total. The minimum absolute atomic E-state index is 0.0251. The molecule has 0 radical (unpaired) electrons. The van der Waals surface area contributed by atoms with Gasteiger partial charge >= 0.3 is 0 Å². The van der Waals surface area contributed by atoms with Crippen LogP contribution in [0.3, 0.4) is 0 Å². The maximum atomic E-state index is 14.1. The number of halogens is 1. The van der Waals surface area contributed by atoms with Crippen LogP contribution in [0.1, 0.15) is 50.2 Å². The molecular formula is C32H38ClN3O4S. The highest BCUT2D eigenvalue weighted by molar-refractivity contribution is 7.92. The minimum Gasteiger partial charge on any atom is -0.352 e. The third-order valence-electron chi connectivity index (χ3n) is 7.57. The summed E-state index contributed by atoms with van der Waals surface area (Å²) in [4.78, 5) is 29.2. The van der Waals surface area contributed by atoms with Crippen LogP contribution >= 0.6 is 11.6 Å². The monoisotopic (exact) mass is 595 g/mol. The van der Waals surface area contributed by atoms with E-state index in [-0.39, 0.29) is 23.4 Å². The molecule has 218 valence electrons. The van der Waals surface area contributed by atoms with E-state index in [0.29, 0.717) is 23.6 Å². The van der Waals surface area contributed by atoms with Crippen molar-refractivity contribution in [2.24, 2.45) is 0 Å². The van der Waals surface area contributed by atoms with Crippen molar-refractivity contribution in [1.82, 2.24) is 10.2 Å². The van der Waals surface area contributed by atoms with Gasteiger partial charge in [-0.2, -0.15) is 0 Å². The van der Waals surface area contributed by atoms with Crippen LogP contribution in [0.4, 0.5) is 5.69 Å². The summed E-state index contributed by atoms with van der Waals surface area (Å²) in [5.41, 5.74) is 2.36. The number of amides is 2. The highest BCUT2D eigenvalue weighted by atomic mass is 35.5. The van der Waals surface area contributed by atoms with E-state index in [1.165, 1.54) is 24.3 Å². The van der Waals surface area contributed by atoms with Crippen LogP contribution in [0.5, 0.6) is 0 Å². The molecule has 3 aromatic carbocycles. The normalized spacial score (nSPS) is 14.4. The van der Waals surface area contributed by atoms with Gasteiger partial charge in [-0.25, -0.2) is 8.42 Å². The lowest BCUT2D eigenvalue weighted by molar-refractivity contribution is -0.139. The van der Waals surface area contributed by atoms with Crippen molar-refractivity contribution in [1.29, 1.82) is 0 Å². The van der Waals surface area contributed by atoms with Crippen LogP contribution in [-0.4, -0.2) is 50.3 Å². The van der Waals surface area contributed by atoms with Crippen LogP contribution in [0.25, 0.3) is 0 Å². The second-order valence-corrected chi connectivity index (χ2v) is 12.8. The Morgan fingerprint density at radius 2 is 1.59 bits per heavy atom. The number of hydrogen-bond donors (Lipinski definition) is 1. The first-order chi connectivity index (χ1) is 19.7. The average molecular weight is 596 g/mol. The third-order valence-corrected chi connectivity index (χ3v) is 9.61. The number of nitrogens with zero attached hydrogens (tertiary/aromatic N) is 2. The number of nitrogens with one attached hydrogen (secondary N) is 1. The van der Waals surface area contributed by atoms with Gasteiger partial charge in [-0.05, 0) is 74.6 Å². The van der Waals surface area contributed by atoms with E-state index in [4.69, 9.17) is 11.6 Å². The van der Waals surface area contributed by atoms with Crippen LogP contribution in [0.2, 0.25) is 5.02 Å². The zero-order chi connectivity index (χ0) is 29.4. The number of carbonyl (C=O) groups excluding carboxylic acids is 2. The Hall–Kier alpha value is -3.36. The van der Waals surface area contributed by atoms with E-state index < -0.39 is 28.5 Å². The first-order valence-electron chi connectivity index (χ1n) is 14.2. The van der Waals surface area contributed by atoms with Crippen LogP contribution in [0.15, 0.2) is 83.8 Å². The van der Waals surface area contributed by atoms with Gasteiger partial charge in [-0.3, -0.25) is 13.9 Å². The lowest BCUT2D eigenvalue weighted by atomic mass is 10.1. The maximum Gasteiger partial charge on any atom is 0.264 e. The molecule has 1 aliphatic rings. The van der Waals surface area contributed by atoms with Gasteiger partial charge in [-0.15, -0.1) is 0 Å². The molecule has 0 bridgehead atoms. The summed E-state index contributed by atoms with van der Waals surface area (Å²) in [7, 11) is -4.12. The second-order valence-electron chi connectivity index (χ2n) is 10.5. The smallest absolute Gasteiger partial charge is 0.264 e. The quantitative estimate of drug-likeness (QED) is 0.289. The summed E-state index contributed by atoms with van der Waals surface area (Å²) in [6, 6.07) is 22.0. The van der Waals surface area contributed by atoms with E-state index in [1.54, 1.807) is 29.2 Å². The molecule has 4 rings (SSSR count). The minimum atomic E-state index is -4.12. The molecule has 0 aromatic heterocycles. The number of sulfonamides is 1. The number of carbonyl (C=O) groups is 2. The van der Waals surface area contributed by atoms with Crippen molar-refractivity contribution >= 4 is 39.1 Å². The summed E-state index contributed by atoms with van der Waals surface area (Å²) in [5.74, 6) is -0.629. The molecule has 0 unspecified atom stereocenters. The summed E-state index contributed by atoms with van der Waals surface area (Å²) >= 11 is 6.02. The SMILES string of the molecule is CC[C@@H](C(=O)NC1CCCC1)N(CCc1ccccc1)C(=O)CN(c1ccc(C)cc1)S(=O)(=O)c1ccc(Cl)cc1. The van der Waals surface area contributed by atoms with Gasteiger partial charge in [0.15, 0.2) is 0 Å². The largest absolute Gasteiger partial charge is 0.352 e. The van der Waals surface area contributed by atoms with Gasteiger partial charge in [0.05, 0.1) is 10.6 Å². The lowest BCUT2D eigenvalue weighted by Gasteiger charge is -2.33. The molecule has 0 aliphatic heterocycles. The molecule has 3 aromatic rings. The molecule has 2 amide bonds. The topological polar surface area (TPSA) is 86.8 Å². The van der Waals surface area contributed by atoms with E-state index in [1.807, 2.05) is 44.2 Å². The zero-order valence-corrected chi connectivity index (χ0v) is 25.2. The number of benzene rings is 3. The van der Waals surface area contributed by atoms with E-state index in [0.717, 1.165) is 41.1 Å². The van der Waals surface area contributed by atoms with Crippen molar-refractivity contribution in [3.8, 4) is 0 Å². The first kappa shape index (κ1) is 30.6. The Labute approximate surface area is 248 Å². The van der Waals surface area contributed by atoms with Gasteiger partial charge in [-0.1, -0.05) is 79.4 Å². The van der Waals surface area contributed by atoms with Crippen molar-refractivity contribution in [3.05, 3.63) is 95.0 Å². The fourth-order valence-corrected chi connectivity index (χ4v) is 6.78. The maximum absolute atomic E-state index is 14.1. The standard InChI is InChI=1S/C32H38ClN3O4S/c1-3-30(32(38)34-27-11-7-8-12-27)35(22-21-25-9-5-4-6-10-25)31(37)23-36(28-17-13-24(2)14-18-28)41(39,40)29-19-15-26(33)16-20-29/h4-6,9-10,13-20,27,30H,3,7-8,11-12,21-23H2,1-2H3,(H,34,38)/t30-/m0/s1. The van der Waals surface area contributed by atoms with Crippen LogP contribution in [-0.2, 0) is 26.0 Å². The number of aryl methyl sites for hydroxylation is 1. The lowest BCUT2D eigenvalue weighted by Crippen LogP contribution is -2.54. The highest BCUT2D eigenvalue weighted by Crippen LogP contribution is 2.26. The van der Waals surface area contributed by atoms with Gasteiger partial charge in [0.2, 0.25) is 11.8 Å². The average Bonchev–Trinajstić information content (AvgIpc) is 3.48. The molecule has 9 heteroatoms. The number of rotatable bonds is 12. The molecule has 1 atom stereocenters. The number of hydrogen-bond acceptors (Lipinski definition) is 4. The predicted octanol–water partition coefficient (Wildman–Crippen LogP) is 5.75. The molecule has 0 saturated heterocycles. The summed E-state index contributed by atoms with van der Waals surface area (Å²) in [5, 5.41) is 3.55. The van der Waals surface area contributed by atoms with Crippen molar-refractivity contribution in [2.45, 2.75) is 69.4 Å². The first-order valence-corrected chi connectivity index (χ1v) is 16.0. The zero-order valence-electron chi connectivity index (χ0n) is 23.6. The molecule has 0 heterocycles. The molecular weight excluding hydrogens is 558 g/mol. The molecule has 1 aliphatic carbocycles. The molecule has 41 heavy (non-hydrogen) atoms. The van der Waals surface area contributed by atoms with E-state index >= 15 is 0 Å². The van der Waals surface area contributed by atoms with Gasteiger partial charge < -0.3 is 10.2 Å². The van der Waals surface area contributed by atoms with Crippen molar-refractivity contribution < 1.29 is 18.0 Å². The second kappa shape index (κ2) is 14.0. The number of anilines is 1. The third kappa shape index (κ3) is 7.89. The Kier molecular flexibility index (Phi) is 10.5.